The molecule has 0 amide bonds. The molecule has 0 aliphatic heterocycles. The second-order valence-corrected chi connectivity index (χ2v) is 3.20. The first-order chi connectivity index (χ1) is 6.24. The van der Waals surface area contributed by atoms with E-state index < -0.39 is 0 Å². The topological polar surface area (TPSA) is 9.23 Å². The molecule has 0 spiro atoms. The molecule has 1 aromatic carbocycles. The summed E-state index contributed by atoms with van der Waals surface area (Å²) >= 11 is 5.47. The van der Waals surface area contributed by atoms with Crippen molar-refractivity contribution < 1.29 is 9.13 Å². The van der Waals surface area contributed by atoms with Gasteiger partial charge in [0.15, 0.2) is 11.6 Å². The zero-order valence-corrected chi connectivity index (χ0v) is 8.27. The number of hydrogen-bond donors (Lipinski definition) is 0. The van der Waals surface area contributed by atoms with Gasteiger partial charge in [0.05, 0.1) is 6.61 Å². The molecule has 1 aromatic rings. The second kappa shape index (κ2) is 5.07. The minimum absolute atomic E-state index is 0.310. The highest BCUT2D eigenvalue weighted by molar-refractivity contribution is 6.17. The molecular formula is C10H12ClFO. The van der Waals surface area contributed by atoms with Crippen LogP contribution in [-0.2, 0) is 0 Å². The van der Waals surface area contributed by atoms with Crippen LogP contribution < -0.4 is 4.74 Å². The summed E-state index contributed by atoms with van der Waals surface area (Å²) < 4.78 is 18.2. The summed E-state index contributed by atoms with van der Waals surface area (Å²) in [4.78, 5) is 0. The Kier molecular flexibility index (Phi) is 4.03. The van der Waals surface area contributed by atoms with E-state index in [1.165, 1.54) is 6.07 Å². The van der Waals surface area contributed by atoms with Gasteiger partial charge in [-0.3, -0.25) is 0 Å². The lowest BCUT2D eigenvalue weighted by Gasteiger charge is -2.06. The van der Waals surface area contributed by atoms with Crippen LogP contribution >= 0.6 is 11.6 Å². The van der Waals surface area contributed by atoms with Crippen molar-refractivity contribution in [3.8, 4) is 5.75 Å². The Morgan fingerprint density at radius 1 is 1.46 bits per heavy atom. The van der Waals surface area contributed by atoms with Gasteiger partial charge in [0.25, 0.3) is 0 Å². The summed E-state index contributed by atoms with van der Waals surface area (Å²) in [5.41, 5.74) is 0.988. The molecule has 0 saturated carbocycles. The van der Waals surface area contributed by atoms with E-state index >= 15 is 0 Å². The van der Waals surface area contributed by atoms with Crippen LogP contribution in [0.3, 0.4) is 0 Å². The zero-order chi connectivity index (χ0) is 9.68. The number of halogens is 2. The molecule has 13 heavy (non-hydrogen) atoms. The molecular weight excluding hydrogens is 191 g/mol. The maximum Gasteiger partial charge on any atom is 0.165 e. The van der Waals surface area contributed by atoms with E-state index in [-0.39, 0.29) is 5.82 Å². The first-order valence-corrected chi connectivity index (χ1v) is 4.72. The predicted molar refractivity (Wildman–Crippen MR) is 52.0 cm³/mol. The summed E-state index contributed by atoms with van der Waals surface area (Å²) in [5, 5.41) is 0. The first kappa shape index (κ1) is 10.3. The predicted octanol–water partition coefficient (Wildman–Crippen LogP) is 3.14. The Labute approximate surface area is 82.5 Å². The monoisotopic (exact) mass is 202 g/mol. The van der Waals surface area contributed by atoms with Crippen LogP contribution in [0.15, 0.2) is 18.2 Å². The normalized spacial score (nSPS) is 10.1. The van der Waals surface area contributed by atoms with Crippen molar-refractivity contribution in [1.29, 1.82) is 0 Å². The Morgan fingerprint density at radius 2 is 2.23 bits per heavy atom. The molecule has 0 fully saturated rings. The molecule has 72 valence electrons. The highest BCUT2D eigenvalue weighted by atomic mass is 35.5. The highest BCUT2D eigenvalue weighted by Gasteiger charge is 2.02. The Bertz CT molecular complexity index is 276. The van der Waals surface area contributed by atoms with Crippen molar-refractivity contribution in [3.63, 3.8) is 0 Å². The smallest absolute Gasteiger partial charge is 0.165 e. The SMILES string of the molecule is Cc1ccc(F)c(OCCCCl)c1. The van der Waals surface area contributed by atoms with E-state index in [0.29, 0.717) is 18.2 Å². The molecule has 0 aromatic heterocycles. The van der Waals surface area contributed by atoms with E-state index in [9.17, 15) is 4.39 Å². The fourth-order valence-corrected chi connectivity index (χ4v) is 1.07. The molecule has 0 heterocycles. The van der Waals surface area contributed by atoms with Crippen molar-refractivity contribution in [3.05, 3.63) is 29.6 Å². The summed E-state index contributed by atoms with van der Waals surface area (Å²) in [6.07, 6.45) is 0.731. The minimum Gasteiger partial charge on any atom is -0.490 e. The fourth-order valence-electron chi connectivity index (χ4n) is 0.958. The van der Waals surface area contributed by atoms with Gasteiger partial charge >= 0.3 is 0 Å². The van der Waals surface area contributed by atoms with Gasteiger partial charge in [-0.05, 0) is 31.0 Å². The fraction of sp³-hybridized carbons (Fsp3) is 0.400. The molecule has 0 radical (unpaired) electrons. The van der Waals surface area contributed by atoms with Crippen molar-refractivity contribution in [2.24, 2.45) is 0 Å². The van der Waals surface area contributed by atoms with E-state index in [1.807, 2.05) is 6.92 Å². The summed E-state index contributed by atoms with van der Waals surface area (Å²) in [6, 6.07) is 4.80. The molecule has 0 N–H and O–H groups in total. The Hall–Kier alpha value is -0.760. The van der Waals surface area contributed by atoms with Gasteiger partial charge in [0, 0.05) is 5.88 Å². The van der Waals surface area contributed by atoms with Crippen LogP contribution in [0.2, 0.25) is 0 Å². The van der Waals surface area contributed by atoms with Gasteiger partial charge in [-0.25, -0.2) is 4.39 Å². The van der Waals surface area contributed by atoms with Gasteiger partial charge in [-0.1, -0.05) is 6.07 Å². The molecule has 1 rings (SSSR count). The quantitative estimate of drug-likeness (QED) is 0.539. The van der Waals surface area contributed by atoms with Crippen molar-refractivity contribution in [2.75, 3.05) is 12.5 Å². The number of hydrogen-bond acceptors (Lipinski definition) is 1. The summed E-state index contributed by atoms with van der Waals surface area (Å²) in [5.74, 6) is 0.526. The largest absolute Gasteiger partial charge is 0.490 e. The molecule has 0 aliphatic carbocycles. The molecule has 0 atom stereocenters. The number of benzene rings is 1. The second-order valence-electron chi connectivity index (χ2n) is 2.82. The van der Waals surface area contributed by atoms with E-state index in [2.05, 4.69) is 0 Å². The van der Waals surface area contributed by atoms with Crippen LogP contribution in [0.5, 0.6) is 5.75 Å². The van der Waals surface area contributed by atoms with Crippen molar-refractivity contribution >= 4 is 11.6 Å². The minimum atomic E-state index is -0.319. The molecule has 0 bridgehead atoms. The molecule has 3 heteroatoms. The average molecular weight is 203 g/mol. The lowest BCUT2D eigenvalue weighted by Crippen LogP contribution is -1.99. The summed E-state index contributed by atoms with van der Waals surface area (Å²) in [7, 11) is 0. The van der Waals surface area contributed by atoms with Crippen LogP contribution in [-0.4, -0.2) is 12.5 Å². The number of alkyl halides is 1. The first-order valence-electron chi connectivity index (χ1n) is 4.19. The van der Waals surface area contributed by atoms with Gasteiger partial charge in [-0.2, -0.15) is 0 Å². The van der Waals surface area contributed by atoms with Gasteiger partial charge in [-0.15, -0.1) is 11.6 Å². The third-order valence-electron chi connectivity index (χ3n) is 1.62. The zero-order valence-electron chi connectivity index (χ0n) is 7.52. The summed E-state index contributed by atoms with van der Waals surface area (Å²) in [6.45, 7) is 2.36. The third-order valence-corrected chi connectivity index (χ3v) is 1.89. The van der Waals surface area contributed by atoms with Gasteiger partial charge in [0.2, 0.25) is 0 Å². The molecule has 0 aliphatic rings. The van der Waals surface area contributed by atoms with Crippen LogP contribution in [0.25, 0.3) is 0 Å². The van der Waals surface area contributed by atoms with E-state index in [4.69, 9.17) is 16.3 Å². The average Bonchev–Trinajstić information content (AvgIpc) is 2.11. The van der Waals surface area contributed by atoms with Crippen LogP contribution in [0.1, 0.15) is 12.0 Å². The number of aryl methyl sites for hydroxylation is 1. The van der Waals surface area contributed by atoms with Crippen molar-refractivity contribution in [1.82, 2.24) is 0 Å². The van der Waals surface area contributed by atoms with Gasteiger partial charge < -0.3 is 4.74 Å². The maximum atomic E-state index is 13.0. The standard InChI is InChI=1S/C10H12ClFO/c1-8-3-4-9(12)10(7-8)13-6-2-5-11/h3-4,7H,2,5-6H2,1H3. The highest BCUT2D eigenvalue weighted by Crippen LogP contribution is 2.18. The Balaban J connectivity index is 2.59. The number of rotatable bonds is 4. The van der Waals surface area contributed by atoms with Gasteiger partial charge in [0.1, 0.15) is 0 Å². The number of ether oxygens (including phenoxy) is 1. The lowest BCUT2D eigenvalue weighted by molar-refractivity contribution is 0.302. The van der Waals surface area contributed by atoms with E-state index in [1.54, 1.807) is 12.1 Å². The van der Waals surface area contributed by atoms with Crippen molar-refractivity contribution in [2.45, 2.75) is 13.3 Å². The third kappa shape index (κ3) is 3.23. The molecule has 1 nitrogen and oxygen atoms in total. The van der Waals surface area contributed by atoms with Crippen LogP contribution in [0.4, 0.5) is 4.39 Å². The lowest BCUT2D eigenvalue weighted by atomic mass is 10.2. The Morgan fingerprint density at radius 3 is 2.92 bits per heavy atom. The molecule has 0 saturated heterocycles. The molecule has 0 unspecified atom stereocenters. The van der Waals surface area contributed by atoms with E-state index in [0.717, 1.165) is 12.0 Å². The maximum absolute atomic E-state index is 13.0. The van der Waals surface area contributed by atoms with Crippen LogP contribution in [0, 0.1) is 12.7 Å².